The smallest absolute Gasteiger partial charge is 0.310 e. The number of carbonyl (C=O) groups excluding carboxylic acids is 2. The molecule has 0 radical (unpaired) electrons. The number of rotatable bonds is 7. The number of amides is 1. The number of ether oxygens (including phenoxy) is 1. The third kappa shape index (κ3) is 5.78. The summed E-state index contributed by atoms with van der Waals surface area (Å²) in [4.78, 5) is 26.6. The van der Waals surface area contributed by atoms with Crippen LogP contribution in [-0.4, -0.2) is 23.1 Å². The molecule has 32 heavy (non-hydrogen) atoms. The first kappa shape index (κ1) is 23.6. The Hall–Kier alpha value is -3.09. The minimum Gasteiger partial charge on any atom is -0.460 e. The molecule has 2 aromatic rings. The SMILES string of the molecule is CCCC1(CC(=O)OC(C)(C)C)Nc2ccc(N(Cc3ccc(F)cc3)C(C)=O)cc2N1. The fraction of sp³-hybridized carbons (Fsp3) is 0.440. The molecule has 0 spiro atoms. The number of anilines is 3. The molecule has 1 aliphatic heterocycles. The summed E-state index contributed by atoms with van der Waals surface area (Å²) in [6.07, 6.45) is 1.77. The Kier molecular flexibility index (Phi) is 6.77. The molecule has 6 nitrogen and oxygen atoms in total. The molecule has 0 saturated carbocycles. The van der Waals surface area contributed by atoms with Crippen molar-refractivity contribution < 1.29 is 18.7 Å². The molecule has 1 unspecified atom stereocenters. The van der Waals surface area contributed by atoms with Crippen molar-refractivity contribution in [3.05, 3.63) is 53.8 Å². The highest BCUT2D eigenvalue weighted by Crippen LogP contribution is 2.40. The molecule has 0 bridgehead atoms. The molecule has 2 N–H and O–H groups in total. The van der Waals surface area contributed by atoms with Crippen LogP contribution in [0.4, 0.5) is 21.5 Å². The van der Waals surface area contributed by atoms with E-state index in [-0.39, 0.29) is 24.1 Å². The third-order valence-electron chi connectivity index (χ3n) is 5.24. The molecule has 0 aromatic heterocycles. The van der Waals surface area contributed by atoms with Crippen LogP contribution in [0.1, 0.15) is 59.4 Å². The summed E-state index contributed by atoms with van der Waals surface area (Å²) in [5.41, 5.74) is 2.06. The van der Waals surface area contributed by atoms with E-state index in [0.717, 1.165) is 35.5 Å². The molecule has 3 rings (SSSR count). The Morgan fingerprint density at radius 3 is 2.31 bits per heavy atom. The lowest BCUT2D eigenvalue weighted by Crippen LogP contribution is -2.45. The molecule has 0 aliphatic carbocycles. The van der Waals surface area contributed by atoms with Gasteiger partial charge in [0, 0.05) is 12.6 Å². The minimum atomic E-state index is -0.643. The predicted octanol–water partition coefficient (Wildman–Crippen LogP) is 5.44. The number of halogens is 1. The molecule has 0 fully saturated rings. The zero-order valence-electron chi connectivity index (χ0n) is 19.4. The lowest BCUT2D eigenvalue weighted by molar-refractivity contribution is -0.155. The van der Waals surface area contributed by atoms with Crippen molar-refractivity contribution in [2.24, 2.45) is 0 Å². The summed E-state index contributed by atoms with van der Waals surface area (Å²) in [5.74, 6) is -0.706. The molecule has 172 valence electrons. The van der Waals surface area contributed by atoms with Gasteiger partial charge in [0.2, 0.25) is 5.91 Å². The van der Waals surface area contributed by atoms with Crippen LogP contribution < -0.4 is 15.5 Å². The summed E-state index contributed by atoms with van der Waals surface area (Å²) in [6.45, 7) is 9.46. The Morgan fingerprint density at radius 2 is 1.72 bits per heavy atom. The normalized spacial score (nSPS) is 17.2. The van der Waals surface area contributed by atoms with E-state index < -0.39 is 11.3 Å². The highest BCUT2D eigenvalue weighted by atomic mass is 19.1. The van der Waals surface area contributed by atoms with Gasteiger partial charge in [-0.05, 0) is 63.1 Å². The maximum absolute atomic E-state index is 13.2. The monoisotopic (exact) mass is 441 g/mol. The average molecular weight is 442 g/mol. The van der Waals surface area contributed by atoms with Gasteiger partial charge < -0.3 is 20.3 Å². The molecule has 1 amide bonds. The molecule has 7 heteroatoms. The minimum absolute atomic E-state index is 0.117. The fourth-order valence-corrected chi connectivity index (χ4v) is 3.97. The first-order chi connectivity index (χ1) is 15.0. The number of esters is 1. The number of benzene rings is 2. The Balaban J connectivity index is 1.82. The van der Waals surface area contributed by atoms with Crippen molar-refractivity contribution in [2.45, 2.75) is 71.7 Å². The second-order valence-corrected chi connectivity index (χ2v) is 9.31. The van der Waals surface area contributed by atoms with Crippen molar-refractivity contribution >= 4 is 28.9 Å². The summed E-state index contributed by atoms with van der Waals surface area (Å²) in [6, 6.07) is 11.8. The van der Waals surface area contributed by atoms with Crippen LogP contribution in [-0.2, 0) is 20.9 Å². The van der Waals surface area contributed by atoms with Gasteiger partial charge in [-0.3, -0.25) is 9.59 Å². The van der Waals surface area contributed by atoms with Gasteiger partial charge in [-0.15, -0.1) is 0 Å². The second kappa shape index (κ2) is 9.18. The van der Waals surface area contributed by atoms with Crippen molar-refractivity contribution in [3.8, 4) is 0 Å². The van der Waals surface area contributed by atoms with Crippen molar-refractivity contribution in [1.29, 1.82) is 0 Å². The number of fused-ring (bicyclic) bond motifs is 1. The van der Waals surface area contributed by atoms with E-state index in [1.807, 2.05) is 39.0 Å². The van der Waals surface area contributed by atoms with Gasteiger partial charge in [0.25, 0.3) is 0 Å². The van der Waals surface area contributed by atoms with Crippen molar-refractivity contribution in [2.75, 3.05) is 15.5 Å². The van der Waals surface area contributed by atoms with E-state index >= 15 is 0 Å². The van der Waals surface area contributed by atoms with E-state index in [0.29, 0.717) is 6.54 Å². The quantitative estimate of drug-likeness (QED) is 0.560. The summed E-state index contributed by atoms with van der Waals surface area (Å²) in [7, 11) is 0. The predicted molar refractivity (Wildman–Crippen MR) is 125 cm³/mol. The first-order valence-corrected chi connectivity index (χ1v) is 10.9. The number of nitrogens with one attached hydrogen (secondary N) is 2. The molecule has 2 aromatic carbocycles. The Bertz CT molecular complexity index is 985. The fourth-order valence-electron chi connectivity index (χ4n) is 3.97. The Labute approximate surface area is 189 Å². The largest absolute Gasteiger partial charge is 0.460 e. The van der Waals surface area contributed by atoms with E-state index in [4.69, 9.17) is 4.74 Å². The Morgan fingerprint density at radius 1 is 1.06 bits per heavy atom. The van der Waals surface area contributed by atoms with Gasteiger partial charge in [0.15, 0.2) is 0 Å². The molecule has 1 heterocycles. The van der Waals surface area contributed by atoms with Crippen molar-refractivity contribution in [3.63, 3.8) is 0 Å². The molecule has 1 atom stereocenters. The second-order valence-electron chi connectivity index (χ2n) is 9.31. The zero-order valence-corrected chi connectivity index (χ0v) is 19.4. The van der Waals surface area contributed by atoms with Gasteiger partial charge >= 0.3 is 5.97 Å². The topological polar surface area (TPSA) is 70.7 Å². The zero-order chi connectivity index (χ0) is 23.5. The van der Waals surface area contributed by atoms with Crippen LogP contribution >= 0.6 is 0 Å². The molecular weight excluding hydrogens is 409 g/mol. The molecular formula is C25H32FN3O3. The van der Waals surface area contributed by atoms with E-state index in [1.165, 1.54) is 19.1 Å². The summed E-state index contributed by atoms with van der Waals surface area (Å²) < 4.78 is 18.8. The van der Waals surface area contributed by atoms with Crippen LogP contribution in [0.25, 0.3) is 0 Å². The number of carbonyl (C=O) groups is 2. The lowest BCUT2D eigenvalue weighted by atomic mass is 10.0. The lowest BCUT2D eigenvalue weighted by Gasteiger charge is -2.31. The average Bonchev–Trinajstić information content (AvgIpc) is 3.02. The van der Waals surface area contributed by atoms with Gasteiger partial charge in [0.05, 0.1) is 24.3 Å². The van der Waals surface area contributed by atoms with Crippen LogP contribution in [0, 0.1) is 5.82 Å². The van der Waals surface area contributed by atoms with E-state index in [9.17, 15) is 14.0 Å². The number of nitrogens with zero attached hydrogens (tertiary/aromatic N) is 1. The van der Waals surface area contributed by atoms with Gasteiger partial charge in [-0.1, -0.05) is 25.5 Å². The van der Waals surface area contributed by atoms with Crippen LogP contribution in [0.3, 0.4) is 0 Å². The van der Waals surface area contributed by atoms with E-state index in [1.54, 1.807) is 17.0 Å². The number of hydrogen-bond donors (Lipinski definition) is 2. The maximum atomic E-state index is 13.2. The van der Waals surface area contributed by atoms with Gasteiger partial charge in [-0.2, -0.15) is 0 Å². The van der Waals surface area contributed by atoms with Crippen LogP contribution in [0.2, 0.25) is 0 Å². The first-order valence-electron chi connectivity index (χ1n) is 10.9. The maximum Gasteiger partial charge on any atom is 0.310 e. The number of hydrogen-bond acceptors (Lipinski definition) is 5. The standard InChI is InChI=1S/C25H32FN3O3/c1-6-13-25(15-23(31)32-24(3,4)5)27-21-12-11-20(14-22(21)28-25)29(17(2)30)16-18-7-9-19(26)10-8-18/h7-12,14,27-28H,6,13,15-16H2,1-5H3. The van der Waals surface area contributed by atoms with Gasteiger partial charge in [-0.25, -0.2) is 4.39 Å². The summed E-state index contributed by atoms with van der Waals surface area (Å²) >= 11 is 0. The molecule has 0 saturated heterocycles. The van der Waals surface area contributed by atoms with Crippen molar-refractivity contribution in [1.82, 2.24) is 0 Å². The highest BCUT2D eigenvalue weighted by Gasteiger charge is 2.39. The van der Waals surface area contributed by atoms with Gasteiger partial charge in [0.1, 0.15) is 17.1 Å². The van der Waals surface area contributed by atoms with E-state index in [2.05, 4.69) is 17.6 Å². The van der Waals surface area contributed by atoms with Crippen LogP contribution in [0.5, 0.6) is 0 Å². The third-order valence-corrected chi connectivity index (χ3v) is 5.24. The summed E-state index contributed by atoms with van der Waals surface area (Å²) in [5, 5.41) is 6.93. The highest BCUT2D eigenvalue weighted by molar-refractivity contribution is 5.93. The molecule has 1 aliphatic rings. The van der Waals surface area contributed by atoms with Crippen LogP contribution in [0.15, 0.2) is 42.5 Å².